The molecule has 39 heavy (non-hydrogen) atoms. The van der Waals surface area contributed by atoms with E-state index >= 15 is 0 Å². The van der Waals surface area contributed by atoms with Crippen LogP contribution in [0.25, 0.3) is 0 Å². The lowest BCUT2D eigenvalue weighted by Gasteiger charge is -2.32. The number of carbonyl (C=O) groups is 3. The van der Waals surface area contributed by atoms with Crippen LogP contribution in [0.15, 0.2) is 64.8 Å². The van der Waals surface area contributed by atoms with E-state index in [-0.39, 0.29) is 52.9 Å². The van der Waals surface area contributed by atoms with E-state index in [9.17, 15) is 34.6 Å². The molecule has 1 aliphatic rings. The van der Waals surface area contributed by atoms with Gasteiger partial charge in [0, 0.05) is 47.2 Å². The van der Waals surface area contributed by atoms with Crippen molar-refractivity contribution < 1.29 is 33.7 Å². The maximum absolute atomic E-state index is 13.3. The quantitative estimate of drug-likeness (QED) is 0.229. The molecule has 2 atom stereocenters. The molecule has 1 aliphatic heterocycles. The number of nitrogens with zero attached hydrogens (tertiary/aromatic N) is 3. The van der Waals surface area contributed by atoms with Crippen LogP contribution < -0.4 is 0 Å². The SMILES string of the molecule is CCOC(=O)C1=C(CSC(=O)c2cccc([N+](=O)[O-])c2)N=C(C)C(C(=O)OCC)C1c1cccc([N+](=O)[O-])c1. The van der Waals surface area contributed by atoms with E-state index in [0.717, 1.165) is 17.8 Å². The van der Waals surface area contributed by atoms with Crippen LogP contribution in [-0.2, 0) is 19.1 Å². The van der Waals surface area contributed by atoms with Crippen LogP contribution in [0.3, 0.4) is 0 Å². The van der Waals surface area contributed by atoms with Crippen LogP contribution in [0.5, 0.6) is 0 Å². The van der Waals surface area contributed by atoms with Crippen LogP contribution in [0.1, 0.15) is 42.6 Å². The van der Waals surface area contributed by atoms with Gasteiger partial charge in [-0.1, -0.05) is 30.0 Å². The molecular formula is C26H25N3O9S. The molecule has 204 valence electrons. The molecule has 2 aromatic carbocycles. The van der Waals surface area contributed by atoms with Crippen LogP contribution in [0, 0.1) is 26.1 Å². The van der Waals surface area contributed by atoms with Gasteiger partial charge in [-0.05, 0) is 32.4 Å². The van der Waals surface area contributed by atoms with E-state index in [2.05, 4.69) is 4.99 Å². The third-order valence-electron chi connectivity index (χ3n) is 5.83. The van der Waals surface area contributed by atoms with Gasteiger partial charge in [-0.15, -0.1) is 0 Å². The van der Waals surface area contributed by atoms with Crippen molar-refractivity contribution in [3.8, 4) is 0 Å². The number of nitro benzene ring substituents is 2. The third-order valence-corrected chi connectivity index (χ3v) is 6.74. The predicted octanol–water partition coefficient (Wildman–Crippen LogP) is 4.63. The Morgan fingerprint density at radius 1 is 0.949 bits per heavy atom. The van der Waals surface area contributed by atoms with E-state index in [4.69, 9.17) is 9.47 Å². The smallest absolute Gasteiger partial charge is 0.336 e. The van der Waals surface area contributed by atoms with Gasteiger partial charge in [0.2, 0.25) is 5.12 Å². The maximum Gasteiger partial charge on any atom is 0.336 e. The van der Waals surface area contributed by atoms with Crippen molar-refractivity contribution in [3.05, 3.63) is 91.2 Å². The van der Waals surface area contributed by atoms with E-state index in [1.807, 2.05) is 0 Å². The summed E-state index contributed by atoms with van der Waals surface area (Å²) in [5.74, 6) is -3.71. The molecule has 12 nitrogen and oxygen atoms in total. The molecule has 0 spiro atoms. The first kappa shape index (κ1) is 29.2. The average molecular weight is 556 g/mol. The Labute approximate surface area is 227 Å². The number of esters is 2. The number of ether oxygens (including phenoxy) is 2. The fraction of sp³-hybridized carbons (Fsp3) is 0.308. The highest BCUT2D eigenvalue weighted by Gasteiger charge is 2.43. The van der Waals surface area contributed by atoms with Gasteiger partial charge in [0.1, 0.15) is 5.92 Å². The van der Waals surface area contributed by atoms with Crippen LogP contribution >= 0.6 is 11.8 Å². The summed E-state index contributed by atoms with van der Waals surface area (Å²) < 4.78 is 10.5. The standard InChI is InChI=1S/C26H25N3O9S/c1-4-37-24(30)21-15(3)27-20(14-39-26(32)17-9-7-11-19(13-17)29(35)36)23(25(31)38-5-2)22(21)16-8-6-10-18(12-16)28(33)34/h6-13,21-22H,4-5,14H2,1-3H3. The first-order chi connectivity index (χ1) is 18.6. The molecule has 0 radical (unpaired) electrons. The molecule has 0 amide bonds. The highest BCUT2D eigenvalue weighted by molar-refractivity contribution is 8.14. The summed E-state index contributed by atoms with van der Waals surface area (Å²) in [6.45, 7) is 4.86. The molecule has 0 saturated carbocycles. The number of nitro groups is 2. The summed E-state index contributed by atoms with van der Waals surface area (Å²) in [4.78, 5) is 65.1. The fourth-order valence-corrected chi connectivity index (χ4v) is 4.97. The number of aliphatic imine (C=N–C) groups is 1. The number of hydrogen-bond donors (Lipinski definition) is 0. The Morgan fingerprint density at radius 3 is 2.18 bits per heavy atom. The normalized spacial score (nSPS) is 16.7. The topological polar surface area (TPSA) is 168 Å². The monoisotopic (exact) mass is 555 g/mol. The van der Waals surface area contributed by atoms with Gasteiger partial charge in [0.25, 0.3) is 11.4 Å². The first-order valence-corrected chi connectivity index (χ1v) is 12.8. The Hall–Kier alpha value is -4.39. The van der Waals surface area contributed by atoms with E-state index in [1.165, 1.54) is 36.4 Å². The molecule has 2 unspecified atom stereocenters. The lowest BCUT2D eigenvalue weighted by Crippen LogP contribution is -2.37. The van der Waals surface area contributed by atoms with Gasteiger partial charge >= 0.3 is 11.9 Å². The zero-order chi connectivity index (χ0) is 28.7. The second-order valence-electron chi connectivity index (χ2n) is 8.28. The Kier molecular flexibility index (Phi) is 9.66. The van der Waals surface area contributed by atoms with Crippen molar-refractivity contribution in [1.29, 1.82) is 0 Å². The molecule has 3 rings (SSSR count). The Balaban J connectivity index is 2.11. The van der Waals surface area contributed by atoms with Gasteiger partial charge in [0.05, 0.1) is 34.3 Å². The molecule has 0 fully saturated rings. The van der Waals surface area contributed by atoms with Gasteiger partial charge in [-0.25, -0.2) is 4.79 Å². The lowest BCUT2D eigenvalue weighted by atomic mass is 9.75. The highest BCUT2D eigenvalue weighted by atomic mass is 32.2. The predicted molar refractivity (Wildman–Crippen MR) is 143 cm³/mol. The van der Waals surface area contributed by atoms with E-state index in [1.54, 1.807) is 26.8 Å². The number of rotatable bonds is 10. The molecule has 0 bridgehead atoms. The number of non-ortho nitro benzene ring substituents is 2. The van der Waals surface area contributed by atoms with Gasteiger partial charge in [0.15, 0.2) is 0 Å². The van der Waals surface area contributed by atoms with E-state index in [0.29, 0.717) is 5.56 Å². The van der Waals surface area contributed by atoms with Crippen molar-refractivity contribution in [1.82, 2.24) is 0 Å². The number of thioether (sulfide) groups is 1. The van der Waals surface area contributed by atoms with Gasteiger partial charge in [-0.3, -0.25) is 34.8 Å². The summed E-state index contributed by atoms with van der Waals surface area (Å²) in [5, 5.41) is 22.1. The minimum atomic E-state index is -1.08. The second-order valence-corrected chi connectivity index (χ2v) is 9.23. The molecular weight excluding hydrogens is 530 g/mol. The Morgan fingerprint density at radius 2 is 1.56 bits per heavy atom. The fourth-order valence-electron chi connectivity index (χ4n) is 4.19. The zero-order valence-corrected chi connectivity index (χ0v) is 22.1. The van der Waals surface area contributed by atoms with Crippen molar-refractivity contribution in [2.75, 3.05) is 19.0 Å². The third kappa shape index (κ3) is 6.74. The lowest BCUT2D eigenvalue weighted by molar-refractivity contribution is -0.385. The van der Waals surface area contributed by atoms with E-state index < -0.39 is 38.7 Å². The number of carbonyl (C=O) groups excluding carboxylic acids is 3. The summed E-state index contributed by atoms with van der Waals surface area (Å²) in [6, 6.07) is 10.8. The van der Waals surface area contributed by atoms with Crippen LogP contribution in [0.4, 0.5) is 11.4 Å². The first-order valence-electron chi connectivity index (χ1n) is 11.9. The zero-order valence-electron chi connectivity index (χ0n) is 21.3. The van der Waals surface area contributed by atoms with Crippen molar-refractivity contribution in [2.24, 2.45) is 10.9 Å². The van der Waals surface area contributed by atoms with Crippen molar-refractivity contribution in [3.63, 3.8) is 0 Å². The van der Waals surface area contributed by atoms with Gasteiger partial charge in [-0.2, -0.15) is 0 Å². The van der Waals surface area contributed by atoms with Crippen molar-refractivity contribution in [2.45, 2.75) is 26.7 Å². The largest absolute Gasteiger partial charge is 0.465 e. The minimum Gasteiger partial charge on any atom is -0.465 e. The molecule has 13 heteroatoms. The molecule has 1 heterocycles. The average Bonchev–Trinajstić information content (AvgIpc) is 2.91. The molecule has 2 aromatic rings. The number of benzene rings is 2. The Bertz CT molecular complexity index is 1390. The highest BCUT2D eigenvalue weighted by Crippen LogP contribution is 2.42. The number of hydrogen-bond acceptors (Lipinski definition) is 11. The molecule has 0 saturated heterocycles. The summed E-state index contributed by atoms with van der Waals surface area (Å²) in [6.07, 6.45) is 0. The van der Waals surface area contributed by atoms with Crippen LogP contribution in [-0.4, -0.2) is 51.6 Å². The second kappa shape index (κ2) is 12.9. The van der Waals surface area contributed by atoms with Crippen LogP contribution in [0.2, 0.25) is 0 Å². The summed E-state index contributed by atoms with van der Waals surface area (Å²) in [7, 11) is 0. The maximum atomic E-state index is 13.3. The molecule has 0 N–H and O–H groups in total. The molecule has 0 aromatic heterocycles. The molecule has 0 aliphatic carbocycles. The van der Waals surface area contributed by atoms with Crippen molar-refractivity contribution >= 4 is 45.9 Å². The summed E-state index contributed by atoms with van der Waals surface area (Å²) >= 11 is 0.764. The van der Waals surface area contributed by atoms with Gasteiger partial charge < -0.3 is 9.47 Å². The minimum absolute atomic E-state index is 0.00377. The summed E-state index contributed by atoms with van der Waals surface area (Å²) in [5.41, 5.74) is 0.303.